The topological polar surface area (TPSA) is 105 Å². The Kier molecular flexibility index (Phi) is 6.96. The molecule has 2 amide bonds. The lowest BCUT2D eigenvalue weighted by Crippen LogP contribution is -2.49. The van der Waals surface area contributed by atoms with Gasteiger partial charge in [0.05, 0.1) is 18.0 Å². The van der Waals surface area contributed by atoms with E-state index >= 15 is 0 Å². The zero-order valence-electron chi connectivity index (χ0n) is 18.7. The lowest BCUT2D eigenvalue weighted by molar-refractivity contribution is -0.137. The molecule has 1 N–H and O–H groups in total. The summed E-state index contributed by atoms with van der Waals surface area (Å²) in [4.78, 5) is 35.1. The maximum absolute atomic E-state index is 13.3. The van der Waals surface area contributed by atoms with Crippen molar-refractivity contribution in [3.8, 4) is 11.5 Å². The molecule has 3 heterocycles. The number of benzene rings is 1. The molecule has 13 heteroatoms. The number of halogens is 3. The highest BCUT2D eigenvalue weighted by Gasteiger charge is 2.32. The van der Waals surface area contributed by atoms with E-state index in [9.17, 15) is 22.8 Å². The van der Waals surface area contributed by atoms with E-state index in [2.05, 4.69) is 20.4 Å². The second-order valence-corrected chi connectivity index (χ2v) is 7.87. The third-order valence-electron chi connectivity index (χ3n) is 5.29. The number of carbonyl (C=O) groups is 2. The van der Waals surface area contributed by atoms with Gasteiger partial charge in [0.2, 0.25) is 5.91 Å². The van der Waals surface area contributed by atoms with Gasteiger partial charge in [0.15, 0.2) is 11.6 Å². The average molecular weight is 489 g/mol. The maximum atomic E-state index is 13.3. The van der Waals surface area contributed by atoms with E-state index < -0.39 is 11.7 Å². The van der Waals surface area contributed by atoms with Crippen molar-refractivity contribution in [3.05, 3.63) is 60.3 Å². The van der Waals surface area contributed by atoms with Crippen LogP contribution in [0, 0.1) is 0 Å². The first-order chi connectivity index (χ1) is 16.7. The molecule has 0 saturated carbocycles. The van der Waals surface area contributed by atoms with Gasteiger partial charge in [-0.2, -0.15) is 17.9 Å². The number of hydrogen-bond donors (Lipinski definition) is 1. The number of anilines is 1. The number of rotatable bonds is 5. The number of alkyl halides is 3. The van der Waals surface area contributed by atoms with Gasteiger partial charge in [0.25, 0.3) is 0 Å². The summed E-state index contributed by atoms with van der Waals surface area (Å²) in [5.74, 6) is 0.280. The van der Waals surface area contributed by atoms with Crippen LogP contribution in [-0.2, 0) is 17.5 Å². The Morgan fingerprint density at radius 3 is 2.46 bits per heavy atom. The van der Waals surface area contributed by atoms with Crippen LogP contribution in [0.3, 0.4) is 0 Å². The summed E-state index contributed by atoms with van der Waals surface area (Å²) in [5.41, 5.74) is -0.255. The second-order valence-electron chi connectivity index (χ2n) is 7.87. The highest BCUT2D eigenvalue weighted by atomic mass is 19.4. The summed E-state index contributed by atoms with van der Waals surface area (Å²) in [6.45, 7) is 3.48. The highest BCUT2D eigenvalue weighted by Crippen LogP contribution is 2.35. The van der Waals surface area contributed by atoms with Crippen LogP contribution in [-0.4, -0.2) is 67.7 Å². The van der Waals surface area contributed by atoms with Gasteiger partial charge in [-0.1, -0.05) is 6.07 Å². The van der Waals surface area contributed by atoms with Gasteiger partial charge in [-0.3, -0.25) is 9.69 Å². The van der Waals surface area contributed by atoms with Gasteiger partial charge in [0, 0.05) is 57.5 Å². The minimum Gasteiger partial charge on any atom is -0.454 e. The van der Waals surface area contributed by atoms with E-state index in [1.165, 1.54) is 44.0 Å². The summed E-state index contributed by atoms with van der Waals surface area (Å²) in [6.07, 6.45) is 0.994. The van der Waals surface area contributed by atoms with Crippen LogP contribution >= 0.6 is 0 Å². The van der Waals surface area contributed by atoms with Crippen molar-refractivity contribution >= 4 is 17.8 Å². The molecular weight excluding hydrogens is 467 g/mol. The summed E-state index contributed by atoms with van der Waals surface area (Å²) in [7, 11) is 0. The van der Waals surface area contributed by atoms with Gasteiger partial charge >= 0.3 is 12.2 Å². The lowest BCUT2D eigenvalue weighted by Gasteiger charge is -2.34. The van der Waals surface area contributed by atoms with E-state index in [1.54, 1.807) is 4.90 Å². The first-order valence-corrected chi connectivity index (χ1v) is 10.7. The summed E-state index contributed by atoms with van der Waals surface area (Å²) in [6, 6.07) is 4.58. The van der Waals surface area contributed by atoms with Crippen molar-refractivity contribution in [2.45, 2.75) is 19.6 Å². The molecular formula is C22H22F3N7O3. The van der Waals surface area contributed by atoms with Crippen LogP contribution in [0.1, 0.15) is 18.1 Å². The molecule has 0 radical (unpaired) electrons. The number of nitrogens with one attached hydrogen (secondary N) is 1. The Hall–Kier alpha value is -4.00. The predicted octanol–water partition coefficient (Wildman–Crippen LogP) is 3.23. The highest BCUT2D eigenvalue weighted by molar-refractivity contribution is 5.88. The number of nitrogens with zero attached hydrogens (tertiary/aromatic N) is 6. The fourth-order valence-corrected chi connectivity index (χ4v) is 3.58. The average Bonchev–Trinajstić information content (AvgIpc) is 3.28. The Labute approximate surface area is 198 Å². The molecule has 1 saturated heterocycles. The Bertz CT molecular complexity index is 1190. The number of piperazine rings is 1. The van der Waals surface area contributed by atoms with E-state index in [-0.39, 0.29) is 29.3 Å². The summed E-state index contributed by atoms with van der Waals surface area (Å²) < 4.78 is 46.6. The normalized spacial score (nSPS) is 14.6. The van der Waals surface area contributed by atoms with Gasteiger partial charge in [0.1, 0.15) is 12.1 Å². The van der Waals surface area contributed by atoms with E-state index in [4.69, 9.17) is 4.74 Å². The minimum atomic E-state index is -4.51. The molecule has 0 unspecified atom stereocenters. The van der Waals surface area contributed by atoms with Crippen molar-refractivity contribution in [2.24, 2.45) is 0 Å². The second kappa shape index (κ2) is 10.1. The quantitative estimate of drug-likeness (QED) is 0.587. The van der Waals surface area contributed by atoms with Crippen molar-refractivity contribution in [1.82, 2.24) is 29.5 Å². The van der Waals surface area contributed by atoms with Gasteiger partial charge in [-0.25, -0.2) is 14.8 Å². The first-order valence-electron chi connectivity index (χ1n) is 10.7. The molecule has 0 bridgehead atoms. The van der Waals surface area contributed by atoms with Gasteiger partial charge < -0.3 is 15.0 Å². The first kappa shape index (κ1) is 24.1. The van der Waals surface area contributed by atoms with Crippen molar-refractivity contribution in [3.63, 3.8) is 0 Å². The minimum absolute atomic E-state index is 0.0650. The standard InChI is InChI=1S/C22H22F3N7O3/c1-15(33)28-20-4-5-32(29-20)21(34)31-8-6-30(7-9-31)13-16-2-3-17(22(23,24)25)10-19(16)35-18-11-26-14-27-12-18/h2-5,10-12,14H,6-9,13H2,1H3,(H,28,29,33). The molecule has 35 heavy (non-hydrogen) atoms. The Morgan fingerprint density at radius 1 is 1.09 bits per heavy atom. The molecule has 0 aliphatic carbocycles. The molecule has 1 aromatic carbocycles. The largest absolute Gasteiger partial charge is 0.454 e. The van der Waals surface area contributed by atoms with Crippen molar-refractivity contribution in [2.75, 3.05) is 31.5 Å². The molecule has 4 rings (SSSR count). The van der Waals surface area contributed by atoms with Crippen LogP contribution in [0.2, 0.25) is 0 Å². The van der Waals surface area contributed by atoms with Crippen LogP contribution in [0.5, 0.6) is 11.5 Å². The summed E-state index contributed by atoms with van der Waals surface area (Å²) in [5, 5.41) is 6.57. The number of aromatic nitrogens is 4. The van der Waals surface area contributed by atoms with Gasteiger partial charge in [-0.15, -0.1) is 5.10 Å². The maximum Gasteiger partial charge on any atom is 0.416 e. The zero-order valence-corrected chi connectivity index (χ0v) is 18.7. The number of hydrogen-bond acceptors (Lipinski definition) is 7. The third-order valence-corrected chi connectivity index (χ3v) is 5.29. The zero-order chi connectivity index (χ0) is 25.0. The monoisotopic (exact) mass is 489 g/mol. The van der Waals surface area contributed by atoms with Crippen LogP contribution < -0.4 is 10.1 Å². The molecule has 2 aromatic heterocycles. The SMILES string of the molecule is CC(=O)Nc1ccn(C(=O)N2CCN(Cc3ccc(C(F)(F)F)cc3Oc3cncnc3)CC2)n1. The van der Waals surface area contributed by atoms with E-state index in [0.717, 1.165) is 16.8 Å². The Balaban J connectivity index is 1.42. The van der Waals surface area contributed by atoms with Crippen LogP contribution in [0.25, 0.3) is 0 Å². The molecule has 1 aliphatic rings. The fraction of sp³-hybridized carbons (Fsp3) is 0.318. The van der Waals surface area contributed by atoms with E-state index in [0.29, 0.717) is 38.3 Å². The van der Waals surface area contributed by atoms with E-state index in [1.807, 2.05) is 4.90 Å². The third kappa shape index (κ3) is 6.12. The molecule has 1 fully saturated rings. The van der Waals surface area contributed by atoms with Crippen LogP contribution in [0.4, 0.5) is 23.8 Å². The molecule has 10 nitrogen and oxygen atoms in total. The molecule has 0 atom stereocenters. The molecule has 3 aromatic rings. The van der Waals surface area contributed by atoms with Crippen molar-refractivity contribution in [1.29, 1.82) is 0 Å². The van der Waals surface area contributed by atoms with Crippen LogP contribution in [0.15, 0.2) is 49.2 Å². The molecule has 1 aliphatic heterocycles. The molecule has 0 spiro atoms. The number of ether oxygens (including phenoxy) is 1. The smallest absolute Gasteiger partial charge is 0.416 e. The van der Waals surface area contributed by atoms with Gasteiger partial charge in [-0.05, 0) is 12.1 Å². The molecule has 184 valence electrons. The van der Waals surface area contributed by atoms with Crippen molar-refractivity contribution < 1.29 is 27.5 Å². The number of amides is 2. The number of carbonyl (C=O) groups excluding carboxylic acids is 2. The fourth-order valence-electron chi connectivity index (χ4n) is 3.58. The Morgan fingerprint density at radius 2 is 1.80 bits per heavy atom. The lowest BCUT2D eigenvalue weighted by atomic mass is 10.1. The summed E-state index contributed by atoms with van der Waals surface area (Å²) >= 11 is 0. The predicted molar refractivity (Wildman–Crippen MR) is 118 cm³/mol.